The number of hydrogen-bond acceptors (Lipinski definition) is 5. The highest BCUT2D eigenvalue weighted by molar-refractivity contribution is 7.89. The van der Waals surface area contributed by atoms with Gasteiger partial charge in [-0.2, -0.15) is 0 Å². The molecule has 0 bridgehead atoms. The first-order valence-corrected chi connectivity index (χ1v) is 7.99. The van der Waals surface area contributed by atoms with Crippen LogP contribution in [0.4, 0.5) is 5.69 Å². The van der Waals surface area contributed by atoms with E-state index in [1.54, 1.807) is 12.1 Å². The average Bonchev–Trinajstić information content (AvgIpc) is 2.53. The molecule has 112 valence electrons. The van der Waals surface area contributed by atoms with Crippen molar-refractivity contribution in [2.75, 3.05) is 12.0 Å². The first kappa shape index (κ1) is 15.4. The van der Waals surface area contributed by atoms with Gasteiger partial charge in [-0.05, 0) is 23.6 Å². The van der Waals surface area contributed by atoms with Crippen molar-refractivity contribution in [3.63, 3.8) is 0 Å². The van der Waals surface area contributed by atoms with Gasteiger partial charge in [0.15, 0.2) is 5.03 Å². The Kier molecular flexibility index (Phi) is 4.89. The molecule has 0 aliphatic rings. The van der Waals surface area contributed by atoms with Crippen LogP contribution in [-0.2, 0) is 10.0 Å². The van der Waals surface area contributed by atoms with Crippen molar-refractivity contribution >= 4 is 15.7 Å². The van der Waals surface area contributed by atoms with Crippen LogP contribution in [0.5, 0.6) is 0 Å². The molecule has 2 aromatic rings. The summed E-state index contributed by atoms with van der Waals surface area (Å²) in [7, 11) is -3.71. The number of nitrogens with zero attached hydrogens (tertiary/aromatic N) is 1. The zero-order valence-electron chi connectivity index (χ0n) is 11.7. The fourth-order valence-corrected chi connectivity index (χ4v) is 3.14. The Bertz CT molecular complexity index is 689. The fraction of sp³-hybridized carbons (Fsp3) is 0.214. The van der Waals surface area contributed by atoms with Crippen LogP contribution in [0.2, 0.25) is 0 Å². The molecule has 0 radical (unpaired) electrons. The number of aromatic nitrogens is 1. The number of anilines is 1. The Morgan fingerprint density at radius 3 is 2.57 bits per heavy atom. The maximum absolute atomic E-state index is 12.3. The van der Waals surface area contributed by atoms with E-state index in [9.17, 15) is 8.42 Å². The van der Waals surface area contributed by atoms with E-state index >= 15 is 0 Å². The van der Waals surface area contributed by atoms with Gasteiger partial charge in [-0.1, -0.05) is 37.3 Å². The molecule has 0 aliphatic carbocycles. The molecule has 0 aliphatic heterocycles. The Balaban J connectivity index is 2.12. The fourth-order valence-electron chi connectivity index (χ4n) is 1.92. The van der Waals surface area contributed by atoms with Crippen LogP contribution in [0.3, 0.4) is 0 Å². The van der Waals surface area contributed by atoms with Crippen LogP contribution in [-0.4, -0.2) is 19.9 Å². The number of benzene rings is 1. The lowest BCUT2D eigenvalue weighted by Gasteiger charge is -2.14. The van der Waals surface area contributed by atoms with E-state index in [2.05, 4.69) is 15.1 Å². The van der Waals surface area contributed by atoms with Gasteiger partial charge in [0.25, 0.3) is 10.0 Å². The lowest BCUT2D eigenvalue weighted by atomic mass is 10.0. The third-order valence-electron chi connectivity index (χ3n) is 3.13. The average molecular weight is 306 g/mol. The van der Waals surface area contributed by atoms with E-state index in [0.717, 1.165) is 5.56 Å². The molecule has 1 aromatic carbocycles. The molecule has 2 rings (SSSR count). The summed E-state index contributed by atoms with van der Waals surface area (Å²) in [6, 6.07) is 12.9. The van der Waals surface area contributed by atoms with Crippen LogP contribution in [0.15, 0.2) is 53.7 Å². The first-order valence-electron chi connectivity index (χ1n) is 6.51. The minimum atomic E-state index is -3.71. The van der Waals surface area contributed by atoms with Gasteiger partial charge in [-0.25, -0.2) is 18.1 Å². The van der Waals surface area contributed by atoms with Gasteiger partial charge >= 0.3 is 0 Å². The molecular formula is C14H18N4O2S. The zero-order chi connectivity index (χ0) is 15.3. The maximum atomic E-state index is 12.3. The summed E-state index contributed by atoms with van der Waals surface area (Å²) in [5, 5.41) is -0.104. The van der Waals surface area contributed by atoms with Gasteiger partial charge in [0.05, 0.1) is 5.69 Å². The molecule has 0 spiro atoms. The number of rotatable bonds is 6. The predicted octanol–water partition coefficient (Wildman–Crippen LogP) is 1.45. The van der Waals surface area contributed by atoms with Gasteiger partial charge in [0.2, 0.25) is 0 Å². The van der Waals surface area contributed by atoms with Crippen LogP contribution in [0.25, 0.3) is 0 Å². The largest absolute Gasteiger partial charge is 0.321 e. The first-order chi connectivity index (χ1) is 10.0. The number of nitrogens with two attached hydrogens (primary N) is 1. The highest BCUT2D eigenvalue weighted by atomic mass is 32.2. The zero-order valence-corrected chi connectivity index (χ0v) is 12.5. The Morgan fingerprint density at radius 1 is 1.19 bits per heavy atom. The maximum Gasteiger partial charge on any atom is 0.260 e. The summed E-state index contributed by atoms with van der Waals surface area (Å²) in [4.78, 5) is 3.88. The molecule has 0 saturated heterocycles. The van der Waals surface area contributed by atoms with Crippen molar-refractivity contribution in [2.24, 2.45) is 5.84 Å². The monoisotopic (exact) mass is 306 g/mol. The Labute approximate surface area is 124 Å². The third kappa shape index (κ3) is 3.78. The smallest absolute Gasteiger partial charge is 0.260 e. The van der Waals surface area contributed by atoms with Crippen LogP contribution in [0.1, 0.15) is 18.4 Å². The highest BCUT2D eigenvalue weighted by Gasteiger charge is 2.20. The molecule has 0 saturated carbocycles. The molecule has 21 heavy (non-hydrogen) atoms. The van der Waals surface area contributed by atoms with Crippen molar-refractivity contribution in [3.8, 4) is 0 Å². The predicted molar refractivity (Wildman–Crippen MR) is 82.1 cm³/mol. The molecule has 1 heterocycles. The lowest BCUT2D eigenvalue weighted by Crippen LogP contribution is -2.29. The second-order valence-corrected chi connectivity index (χ2v) is 6.35. The Morgan fingerprint density at radius 2 is 1.90 bits per heavy atom. The molecular weight excluding hydrogens is 288 g/mol. The minimum absolute atomic E-state index is 0.0546. The van der Waals surface area contributed by atoms with Crippen molar-refractivity contribution in [2.45, 2.75) is 17.9 Å². The number of hydrazine groups is 1. The normalized spacial score (nSPS) is 12.9. The third-order valence-corrected chi connectivity index (χ3v) is 4.51. The molecule has 6 nitrogen and oxygen atoms in total. The number of pyridine rings is 1. The number of sulfonamides is 1. The van der Waals surface area contributed by atoms with Crippen molar-refractivity contribution in [1.29, 1.82) is 0 Å². The topological polar surface area (TPSA) is 97.1 Å². The summed E-state index contributed by atoms with van der Waals surface area (Å²) in [5.74, 6) is 5.37. The molecule has 0 fully saturated rings. The van der Waals surface area contributed by atoms with E-state index in [1.807, 2.05) is 37.3 Å². The van der Waals surface area contributed by atoms with Gasteiger partial charge in [-0.15, -0.1) is 0 Å². The molecule has 1 atom stereocenters. The van der Waals surface area contributed by atoms with E-state index in [-0.39, 0.29) is 23.2 Å². The van der Waals surface area contributed by atoms with Crippen LogP contribution >= 0.6 is 0 Å². The highest BCUT2D eigenvalue weighted by Crippen LogP contribution is 2.18. The second-order valence-electron chi connectivity index (χ2n) is 4.66. The van der Waals surface area contributed by atoms with E-state index in [0.29, 0.717) is 0 Å². The van der Waals surface area contributed by atoms with Crippen molar-refractivity contribution in [3.05, 3.63) is 54.2 Å². The van der Waals surface area contributed by atoms with E-state index in [4.69, 9.17) is 5.84 Å². The number of nitrogens with one attached hydrogen (secondary N) is 2. The van der Waals surface area contributed by atoms with Gasteiger partial charge < -0.3 is 5.43 Å². The summed E-state index contributed by atoms with van der Waals surface area (Å²) in [6.45, 7) is 2.24. The van der Waals surface area contributed by atoms with Gasteiger partial charge in [0.1, 0.15) is 0 Å². The molecule has 1 aromatic heterocycles. The lowest BCUT2D eigenvalue weighted by molar-refractivity contribution is 0.571. The quantitative estimate of drug-likeness (QED) is 0.554. The van der Waals surface area contributed by atoms with Gasteiger partial charge in [-0.3, -0.25) is 5.84 Å². The van der Waals surface area contributed by atoms with Gasteiger partial charge in [0, 0.05) is 12.7 Å². The van der Waals surface area contributed by atoms with Crippen LogP contribution in [0, 0.1) is 0 Å². The van der Waals surface area contributed by atoms with E-state index in [1.165, 1.54) is 6.20 Å². The van der Waals surface area contributed by atoms with Crippen molar-refractivity contribution < 1.29 is 8.42 Å². The summed E-state index contributed by atoms with van der Waals surface area (Å²) >= 11 is 0. The summed E-state index contributed by atoms with van der Waals surface area (Å²) in [6.07, 6.45) is 1.41. The molecule has 1 unspecified atom stereocenters. The van der Waals surface area contributed by atoms with E-state index < -0.39 is 10.0 Å². The summed E-state index contributed by atoms with van der Waals surface area (Å²) in [5.41, 5.74) is 3.67. The standard InChI is InChI=1S/C14H18N4O2S/c1-11(12-6-3-2-4-7-12)10-17-21(19,20)14-13(18-15)8-5-9-16-14/h2-9,11,17-18H,10,15H2,1H3. The number of nitrogen functional groups attached to an aromatic ring is 1. The summed E-state index contributed by atoms with van der Waals surface area (Å²) < 4.78 is 27.1. The minimum Gasteiger partial charge on any atom is -0.321 e. The molecule has 0 amide bonds. The molecule has 4 N–H and O–H groups in total. The second kappa shape index (κ2) is 6.66. The Hall–Kier alpha value is -1.96. The van der Waals surface area contributed by atoms with Crippen LogP contribution < -0.4 is 16.0 Å². The molecule has 7 heteroatoms. The number of hydrogen-bond donors (Lipinski definition) is 3. The van der Waals surface area contributed by atoms with Crippen molar-refractivity contribution in [1.82, 2.24) is 9.71 Å². The SMILES string of the molecule is CC(CNS(=O)(=O)c1ncccc1NN)c1ccccc1.